The second-order valence-corrected chi connectivity index (χ2v) is 6.65. The van der Waals surface area contributed by atoms with E-state index in [2.05, 4.69) is 12.2 Å². The van der Waals surface area contributed by atoms with E-state index in [1.165, 1.54) is 0 Å². The van der Waals surface area contributed by atoms with Gasteiger partial charge < -0.3 is 24.1 Å². The molecule has 2 aliphatic rings. The van der Waals surface area contributed by atoms with Crippen LogP contribution in [0.2, 0.25) is 0 Å². The maximum Gasteiger partial charge on any atom is 0.318 e. The average Bonchev–Trinajstić information content (AvgIpc) is 3.25. The van der Waals surface area contributed by atoms with E-state index in [0.717, 1.165) is 50.4 Å². The van der Waals surface area contributed by atoms with Crippen LogP contribution in [-0.4, -0.2) is 43.3 Å². The van der Waals surface area contributed by atoms with Crippen LogP contribution in [0.1, 0.15) is 50.2 Å². The molecular formula is C17H26N2O4. The molecule has 0 radical (unpaired) electrons. The molecule has 0 saturated carbocycles. The number of ether oxygens (including phenoxy) is 2. The van der Waals surface area contributed by atoms with Crippen molar-refractivity contribution in [1.29, 1.82) is 0 Å². The summed E-state index contributed by atoms with van der Waals surface area (Å²) < 4.78 is 16.6. The third kappa shape index (κ3) is 3.70. The van der Waals surface area contributed by atoms with Crippen LogP contribution in [0.5, 0.6) is 0 Å². The molecule has 0 spiro atoms. The lowest BCUT2D eigenvalue weighted by Crippen LogP contribution is -2.46. The Balaban J connectivity index is 1.60. The van der Waals surface area contributed by atoms with Gasteiger partial charge in [0.25, 0.3) is 0 Å². The van der Waals surface area contributed by atoms with Crippen molar-refractivity contribution in [2.24, 2.45) is 0 Å². The summed E-state index contributed by atoms with van der Waals surface area (Å²) in [6, 6.07) is 3.85. The first-order valence-electron chi connectivity index (χ1n) is 8.37. The third-order valence-electron chi connectivity index (χ3n) is 4.73. The topological polar surface area (TPSA) is 63.9 Å². The number of furan rings is 1. The van der Waals surface area contributed by atoms with E-state index in [1.54, 1.807) is 7.11 Å². The number of carbonyl (C=O) groups is 1. The molecule has 2 atom stereocenters. The normalized spacial score (nSPS) is 27.6. The summed E-state index contributed by atoms with van der Waals surface area (Å²) in [4.78, 5) is 14.4. The zero-order valence-corrected chi connectivity index (χ0v) is 14.0. The quantitative estimate of drug-likeness (QED) is 0.905. The van der Waals surface area contributed by atoms with Gasteiger partial charge in [0, 0.05) is 26.8 Å². The molecule has 3 heterocycles. The minimum atomic E-state index is -0.221. The van der Waals surface area contributed by atoms with Gasteiger partial charge in [-0.25, -0.2) is 4.79 Å². The first-order chi connectivity index (χ1) is 11.1. The molecule has 0 unspecified atom stereocenters. The Morgan fingerprint density at radius 2 is 2.35 bits per heavy atom. The van der Waals surface area contributed by atoms with E-state index < -0.39 is 0 Å². The lowest BCUT2D eigenvalue weighted by molar-refractivity contribution is 0.0217. The number of urea groups is 1. The molecule has 0 aliphatic carbocycles. The summed E-state index contributed by atoms with van der Waals surface area (Å²) in [7, 11) is 1.64. The van der Waals surface area contributed by atoms with E-state index in [9.17, 15) is 4.79 Å². The Bertz CT molecular complexity index is 536. The van der Waals surface area contributed by atoms with Gasteiger partial charge in [-0.1, -0.05) is 0 Å². The molecule has 2 aliphatic heterocycles. The lowest BCUT2D eigenvalue weighted by Gasteiger charge is -2.28. The van der Waals surface area contributed by atoms with Crippen molar-refractivity contribution in [3.8, 4) is 0 Å². The number of nitrogens with zero attached hydrogens (tertiary/aromatic N) is 1. The first-order valence-corrected chi connectivity index (χ1v) is 8.37. The van der Waals surface area contributed by atoms with Crippen LogP contribution in [-0.2, 0) is 16.1 Å². The fraction of sp³-hybridized carbons (Fsp3) is 0.706. The highest BCUT2D eigenvalue weighted by Gasteiger charge is 2.35. The lowest BCUT2D eigenvalue weighted by atomic mass is 10.0. The third-order valence-corrected chi connectivity index (χ3v) is 4.73. The molecule has 0 aromatic carbocycles. The molecule has 128 valence electrons. The Labute approximate surface area is 137 Å². The van der Waals surface area contributed by atoms with Crippen LogP contribution < -0.4 is 5.32 Å². The zero-order chi connectivity index (χ0) is 16.3. The minimum Gasteiger partial charge on any atom is -0.461 e. The molecule has 1 N–H and O–H groups in total. The van der Waals surface area contributed by atoms with Crippen LogP contribution >= 0.6 is 0 Å². The predicted molar refractivity (Wildman–Crippen MR) is 85.1 cm³/mol. The van der Waals surface area contributed by atoms with Gasteiger partial charge in [0.1, 0.15) is 18.1 Å². The van der Waals surface area contributed by atoms with Gasteiger partial charge in [-0.15, -0.1) is 0 Å². The van der Waals surface area contributed by atoms with E-state index in [4.69, 9.17) is 13.9 Å². The zero-order valence-electron chi connectivity index (χ0n) is 14.0. The number of rotatable bonds is 5. The van der Waals surface area contributed by atoms with Crippen LogP contribution in [0, 0.1) is 0 Å². The summed E-state index contributed by atoms with van der Waals surface area (Å²) in [5.74, 6) is 1.63. The monoisotopic (exact) mass is 322 g/mol. The molecule has 2 amide bonds. The molecule has 2 fully saturated rings. The fourth-order valence-corrected chi connectivity index (χ4v) is 3.44. The molecule has 6 nitrogen and oxygen atoms in total. The highest BCUT2D eigenvalue weighted by atomic mass is 16.5. The summed E-state index contributed by atoms with van der Waals surface area (Å²) in [6.45, 7) is 4.61. The molecule has 23 heavy (non-hydrogen) atoms. The highest BCUT2D eigenvalue weighted by molar-refractivity contribution is 5.75. The van der Waals surface area contributed by atoms with Crippen molar-refractivity contribution in [1.82, 2.24) is 10.2 Å². The second-order valence-electron chi connectivity index (χ2n) is 6.65. The number of methoxy groups -OCH3 is 1. The van der Waals surface area contributed by atoms with E-state index >= 15 is 0 Å². The predicted octanol–water partition coefficient (Wildman–Crippen LogP) is 2.84. The SMILES string of the molecule is COCc1ccc([C@@H]2CCCN2C(=O)NC[C@]2(C)CCCO2)o1. The van der Waals surface area contributed by atoms with E-state index in [1.807, 2.05) is 17.0 Å². The largest absolute Gasteiger partial charge is 0.461 e. The van der Waals surface area contributed by atoms with Gasteiger partial charge in [0.05, 0.1) is 11.6 Å². The maximum atomic E-state index is 12.6. The molecule has 6 heteroatoms. The van der Waals surface area contributed by atoms with Gasteiger partial charge in [-0.3, -0.25) is 0 Å². The second kappa shape index (κ2) is 6.93. The van der Waals surface area contributed by atoms with Gasteiger partial charge in [-0.05, 0) is 44.7 Å². The van der Waals surface area contributed by atoms with Crippen LogP contribution in [0.4, 0.5) is 4.79 Å². The van der Waals surface area contributed by atoms with Gasteiger partial charge >= 0.3 is 6.03 Å². The van der Waals surface area contributed by atoms with Crippen molar-refractivity contribution in [2.45, 2.75) is 50.9 Å². The van der Waals surface area contributed by atoms with Crippen molar-refractivity contribution >= 4 is 6.03 Å². The summed E-state index contributed by atoms with van der Waals surface area (Å²) in [5, 5.41) is 3.03. The van der Waals surface area contributed by atoms with Crippen LogP contribution in [0.25, 0.3) is 0 Å². The summed E-state index contributed by atoms with van der Waals surface area (Å²) in [5.41, 5.74) is -0.221. The fourth-order valence-electron chi connectivity index (χ4n) is 3.44. The smallest absolute Gasteiger partial charge is 0.318 e. The Hall–Kier alpha value is -1.53. The average molecular weight is 322 g/mol. The maximum absolute atomic E-state index is 12.6. The standard InChI is InChI=1S/C17H26N2O4/c1-17(8-4-10-22-17)12-18-16(20)19-9-3-5-14(19)15-7-6-13(23-15)11-21-2/h6-7,14H,3-5,8-12H2,1-2H3,(H,18,20)/t14-,17-/m0/s1. The van der Waals surface area contributed by atoms with Crippen LogP contribution in [0.3, 0.4) is 0 Å². The first kappa shape index (κ1) is 16.3. The molecule has 3 rings (SSSR count). The minimum absolute atomic E-state index is 0.0120. The van der Waals surface area contributed by atoms with Crippen molar-refractivity contribution < 1.29 is 18.7 Å². The summed E-state index contributed by atoms with van der Waals surface area (Å²) >= 11 is 0. The number of nitrogens with one attached hydrogen (secondary N) is 1. The number of amides is 2. The Morgan fingerprint density at radius 3 is 3.09 bits per heavy atom. The molecule has 2 saturated heterocycles. The van der Waals surface area contributed by atoms with Crippen molar-refractivity contribution in [3.63, 3.8) is 0 Å². The number of hydrogen-bond donors (Lipinski definition) is 1. The van der Waals surface area contributed by atoms with Gasteiger partial charge in [0.15, 0.2) is 0 Å². The van der Waals surface area contributed by atoms with Crippen molar-refractivity contribution in [2.75, 3.05) is 26.8 Å². The number of hydrogen-bond acceptors (Lipinski definition) is 4. The van der Waals surface area contributed by atoms with Crippen LogP contribution in [0.15, 0.2) is 16.5 Å². The van der Waals surface area contributed by atoms with E-state index in [-0.39, 0.29) is 17.7 Å². The molecule has 1 aromatic heterocycles. The Kier molecular flexibility index (Phi) is 4.92. The molecule has 1 aromatic rings. The summed E-state index contributed by atoms with van der Waals surface area (Å²) in [6.07, 6.45) is 3.98. The van der Waals surface area contributed by atoms with E-state index in [0.29, 0.717) is 13.2 Å². The molecular weight excluding hydrogens is 296 g/mol. The number of likely N-dealkylation sites (tertiary alicyclic amines) is 1. The molecule has 0 bridgehead atoms. The van der Waals surface area contributed by atoms with Gasteiger partial charge in [-0.2, -0.15) is 0 Å². The highest BCUT2D eigenvalue weighted by Crippen LogP contribution is 2.33. The van der Waals surface area contributed by atoms with Crippen molar-refractivity contribution in [3.05, 3.63) is 23.7 Å². The Morgan fingerprint density at radius 1 is 1.48 bits per heavy atom. The van der Waals surface area contributed by atoms with Gasteiger partial charge in [0.2, 0.25) is 0 Å². The number of carbonyl (C=O) groups excluding carboxylic acids is 1.